The maximum Gasteiger partial charge on any atom is 0.425 e. The molecule has 2 aromatic carbocycles. The quantitative estimate of drug-likeness (QED) is 0.533. The Bertz CT molecular complexity index is 1250. The molecule has 0 saturated carbocycles. The normalized spacial score (nSPS) is 14.0. The van der Waals surface area contributed by atoms with Gasteiger partial charge in [-0.1, -0.05) is 12.1 Å². The smallest absolute Gasteiger partial charge is 0.425 e. The first-order valence-corrected chi connectivity index (χ1v) is 9.98. The number of carbonyl (C=O) groups is 1. The van der Waals surface area contributed by atoms with Crippen molar-refractivity contribution in [2.75, 3.05) is 0 Å². The van der Waals surface area contributed by atoms with Gasteiger partial charge < -0.3 is 9.64 Å². The fourth-order valence-corrected chi connectivity index (χ4v) is 3.53. The van der Waals surface area contributed by atoms with Gasteiger partial charge in [0.15, 0.2) is 11.9 Å². The van der Waals surface area contributed by atoms with Crippen LogP contribution in [0.25, 0.3) is 5.69 Å². The summed E-state index contributed by atoms with van der Waals surface area (Å²) in [4.78, 5) is 14.5. The molecule has 170 valence electrons. The second kappa shape index (κ2) is 8.24. The lowest BCUT2D eigenvalue weighted by Crippen LogP contribution is -2.32. The number of nitrogens with zero attached hydrogens (tertiary/aromatic N) is 4. The van der Waals surface area contributed by atoms with Crippen molar-refractivity contribution in [2.45, 2.75) is 39.2 Å². The minimum absolute atomic E-state index is 0.0830. The third-order valence-electron chi connectivity index (χ3n) is 5.39. The van der Waals surface area contributed by atoms with Crippen LogP contribution in [0.1, 0.15) is 39.7 Å². The first-order chi connectivity index (χ1) is 15.6. The summed E-state index contributed by atoms with van der Waals surface area (Å²) in [5.74, 6) is -1.26. The maximum atomic E-state index is 14.4. The second-order valence-corrected chi connectivity index (χ2v) is 7.74. The Balaban J connectivity index is 1.59. The number of hydrogen-bond acceptors (Lipinski definition) is 4. The molecule has 0 aliphatic carbocycles. The molecule has 0 unspecified atom stereocenters. The number of alkyl halides is 3. The van der Waals surface area contributed by atoms with E-state index in [1.54, 1.807) is 31.3 Å². The standard InChI is InChI=1S/C23H18F4N4O2/c1-13-4-3-5-19(21(13)24)31-11-16-10-30(12-18(16)29-31)22(32)17-8-15(9-28)6-7-20(17)33-14(2)23(25,26)27/h3-8,11,14H,10,12H2,1-2H3/t14-/m0/s1. The van der Waals surface area contributed by atoms with Crippen LogP contribution in [-0.4, -0.2) is 32.9 Å². The van der Waals surface area contributed by atoms with Crippen LogP contribution < -0.4 is 4.74 Å². The summed E-state index contributed by atoms with van der Waals surface area (Å²) < 4.78 is 59.8. The number of fused-ring (bicyclic) bond motifs is 1. The van der Waals surface area contributed by atoms with Crippen LogP contribution in [0.5, 0.6) is 5.75 Å². The van der Waals surface area contributed by atoms with Crippen molar-refractivity contribution in [1.82, 2.24) is 14.7 Å². The molecule has 0 spiro atoms. The molecule has 1 aliphatic heterocycles. The van der Waals surface area contributed by atoms with E-state index < -0.39 is 24.0 Å². The van der Waals surface area contributed by atoms with Crippen LogP contribution in [0.3, 0.4) is 0 Å². The zero-order valence-corrected chi connectivity index (χ0v) is 17.7. The molecule has 1 aliphatic rings. The predicted octanol–water partition coefficient (Wildman–Crippen LogP) is 4.68. The predicted molar refractivity (Wildman–Crippen MR) is 109 cm³/mol. The molecule has 0 N–H and O–H groups in total. The summed E-state index contributed by atoms with van der Waals surface area (Å²) in [5.41, 5.74) is 1.95. The Morgan fingerprint density at radius 2 is 2.00 bits per heavy atom. The van der Waals surface area contributed by atoms with Gasteiger partial charge in [0.1, 0.15) is 11.4 Å². The number of benzene rings is 2. The summed E-state index contributed by atoms with van der Waals surface area (Å²) in [7, 11) is 0. The molecule has 3 aromatic rings. The number of amides is 1. The fourth-order valence-electron chi connectivity index (χ4n) is 3.53. The average Bonchev–Trinajstić information content (AvgIpc) is 3.34. The van der Waals surface area contributed by atoms with Crippen LogP contribution in [0, 0.1) is 24.1 Å². The molecule has 0 bridgehead atoms. The summed E-state index contributed by atoms with van der Waals surface area (Å²) in [6, 6.07) is 10.5. The third-order valence-corrected chi connectivity index (χ3v) is 5.39. The number of carbonyl (C=O) groups excluding carboxylic acids is 1. The van der Waals surface area contributed by atoms with E-state index in [0.717, 1.165) is 6.92 Å². The fraction of sp³-hybridized carbons (Fsp3) is 0.261. The van der Waals surface area contributed by atoms with Gasteiger partial charge in [0.05, 0.1) is 29.4 Å². The number of aromatic nitrogens is 2. The van der Waals surface area contributed by atoms with E-state index in [9.17, 15) is 22.4 Å². The molecule has 1 amide bonds. The number of hydrogen-bond donors (Lipinski definition) is 0. The molecular formula is C23H18F4N4O2. The summed E-state index contributed by atoms with van der Waals surface area (Å²) in [6.45, 7) is 2.70. The highest BCUT2D eigenvalue weighted by Gasteiger charge is 2.39. The van der Waals surface area contributed by atoms with Gasteiger partial charge in [0, 0.05) is 18.3 Å². The molecule has 6 nitrogen and oxygen atoms in total. The summed E-state index contributed by atoms with van der Waals surface area (Å²) in [6.07, 6.45) is -5.14. The van der Waals surface area contributed by atoms with Gasteiger partial charge in [-0.2, -0.15) is 23.5 Å². The molecule has 1 atom stereocenters. The molecule has 0 radical (unpaired) electrons. The zero-order valence-electron chi connectivity index (χ0n) is 17.7. The SMILES string of the molecule is Cc1cccc(-n2cc3c(n2)CN(C(=O)c2cc(C#N)ccc2O[C@@H](C)C(F)(F)F)C3)c1F. The number of ether oxygens (including phenoxy) is 1. The van der Waals surface area contributed by atoms with Crippen LogP contribution in [-0.2, 0) is 13.1 Å². The Labute approximate surface area is 186 Å². The van der Waals surface area contributed by atoms with Crippen LogP contribution in [0.15, 0.2) is 42.6 Å². The van der Waals surface area contributed by atoms with E-state index in [1.807, 2.05) is 6.07 Å². The van der Waals surface area contributed by atoms with E-state index in [1.165, 1.54) is 27.8 Å². The Morgan fingerprint density at radius 3 is 2.67 bits per heavy atom. The van der Waals surface area contributed by atoms with Crippen molar-refractivity contribution in [3.63, 3.8) is 0 Å². The summed E-state index contributed by atoms with van der Waals surface area (Å²) >= 11 is 0. The van der Waals surface area contributed by atoms with Crippen molar-refractivity contribution in [1.29, 1.82) is 5.26 Å². The maximum absolute atomic E-state index is 14.4. The van der Waals surface area contributed by atoms with Gasteiger partial charge >= 0.3 is 6.18 Å². The lowest BCUT2D eigenvalue weighted by atomic mass is 10.1. The molecule has 0 saturated heterocycles. The van der Waals surface area contributed by atoms with E-state index in [2.05, 4.69) is 5.10 Å². The van der Waals surface area contributed by atoms with E-state index in [-0.39, 0.29) is 35.7 Å². The van der Waals surface area contributed by atoms with E-state index in [4.69, 9.17) is 10.00 Å². The minimum atomic E-state index is -4.62. The van der Waals surface area contributed by atoms with Crippen LogP contribution in [0.2, 0.25) is 0 Å². The van der Waals surface area contributed by atoms with Crippen LogP contribution in [0.4, 0.5) is 17.6 Å². The second-order valence-electron chi connectivity index (χ2n) is 7.74. The molecule has 33 heavy (non-hydrogen) atoms. The molecule has 2 heterocycles. The number of halogens is 4. The summed E-state index contributed by atoms with van der Waals surface area (Å²) in [5, 5.41) is 13.5. The highest BCUT2D eigenvalue weighted by Crippen LogP contribution is 2.31. The molecule has 1 aromatic heterocycles. The highest BCUT2D eigenvalue weighted by atomic mass is 19.4. The van der Waals surface area contributed by atoms with Gasteiger partial charge in [-0.25, -0.2) is 9.07 Å². The zero-order chi connectivity index (χ0) is 23.9. The van der Waals surface area contributed by atoms with Crippen LogP contribution >= 0.6 is 0 Å². The first kappa shape index (κ1) is 22.3. The molecular weight excluding hydrogens is 440 g/mol. The van der Waals surface area contributed by atoms with Crippen molar-refractivity contribution >= 4 is 5.91 Å². The molecule has 0 fully saturated rings. The molecule has 4 rings (SSSR count). The number of nitriles is 1. The van der Waals surface area contributed by atoms with E-state index in [0.29, 0.717) is 16.8 Å². The topological polar surface area (TPSA) is 71.2 Å². The van der Waals surface area contributed by atoms with Crippen molar-refractivity contribution in [3.8, 4) is 17.5 Å². The number of aryl methyl sites for hydroxylation is 1. The van der Waals surface area contributed by atoms with E-state index >= 15 is 0 Å². The lowest BCUT2D eigenvalue weighted by Gasteiger charge is -2.22. The van der Waals surface area contributed by atoms with Gasteiger partial charge in [-0.05, 0) is 43.7 Å². The number of rotatable bonds is 4. The van der Waals surface area contributed by atoms with Gasteiger partial charge in [0.25, 0.3) is 5.91 Å². The first-order valence-electron chi connectivity index (χ1n) is 9.98. The van der Waals surface area contributed by atoms with Crippen molar-refractivity contribution in [2.24, 2.45) is 0 Å². The minimum Gasteiger partial charge on any atom is -0.480 e. The van der Waals surface area contributed by atoms with Gasteiger partial charge in [-0.3, -0.25) is 4.79 Å². The largest absolute Gasteiger partial charge is 0.480 e. The Kier molecular flexibility index (Phi) is 5.57. The Hall–Kier alpha value is -3.87. The average molecular weight is 458 g/mol. The third kappa shape index (κ3) is 4.26. The van der Waals surface area contributed by atoms with Gasteiger partial charge in [-0.15, -0.1) is 0 Å². The Morgan fingerprint density at radius 1 is 1.24 bits per heavy atom. The van der Waals surface area contributed by atoms with Crippen molar-refractivity contribution < 1.29 is 27.1 Å². The van der Waals surface area contributed by atoms with Gasteiger partial charge in [0.2, 0.25) is 0 Å². The molecule has 10 heteroatoms. The van der Waals surface area contributed by atoms with Crippen molar-refractivity contribution in [3.05, 3.63) is 76.4 Å². The monoisotopic (exact) mass is 458 g/mol. The highest BCUT2D eigenvalue weighted by molar-refractivity contribution is 5.97. The lowest BCUT2D eigenvalue weighted by molar-refractivity contribution is -0.189.